The number of benzene rings is 1. The molecule has 64 heavy (non-hydrogen) atoms. The first kappa shape index (κ1) is 43.0. The van der Waals surface area contributed by atoms with Crippen LogP contribution in [0, 0.1) is 27.4 Å². The van der Waals surface area contributed by atoms with Crippen molar-refractivity contribution in [1.29, 1.82) is 0 Å². The van der Waals surface area contributed by atoms with Gasteiger partial charge in [-0.3, -0.25) is 24.7 Å². The molecule has 5 fully saturated rings. The van der Waals surface area contributed by atoms with Crippen LogP contribution in [0.4, 0.5) is 11.5 Å². The minimum atomic E-state index is -4.59. The number of rotatable bonds is 13. The van der Waals surface area contributed by atoms with E-state index in [1.54, 1.807) is 30.3 Å². The number of sulfonamides is 1. The number of aromatic nitrogens is 1. The van der Waals surface area contributed by atoms with Crippen LogP contribution in [0.1, 0.15) is 120 Å². The maximum atomic E-state index is 14.0. The fraction of sp³-hybridized carbons (Fsp3) is 0.562. The zero-order chi connectivity index (χ0) is 44.2. The second kappa shape index (κ2) is 17.1. The number of aliphatic hydroxyl groups is 1. The molecule has 2 unspecified atom stereocenters. The molecule has 5 heterocycles. The lowest BCUT2D eigenvalue weighted by molar-refractivity contribution is -0.384. The molecule has 4 aliphatic heterocycles. The number of piperidine rings is 1. The van der Waals surface area contributed by atoms with Gasteiger partial charge in [0.2, 0.25) is 5.82 Å². The van der Waals surface area contributed by atoms with Crippen LogP contribution >= 0.6 is 0 Å². The van der Waals surface area contributed by atoms with Crippen LogP contribution in [-0.4, -0.2) is 88.8 Å². The highest BCUT2D eigenvalue weighted by Gasteiger charge is 2.50. The summed E-state index contributed by atoms with van der Waals surface area (Å²) in [5.41, 5.74) is 2.33. The van der Waals surface area contributed by atoms with Gasteiger partial charge in [0.15, 0.2) is 0 Å². The minimum Gasteiger partial charge on any atom is -0.460 e. The van der Waals surface area contributed by atoms with Crippen molar-refractivity contribution in [3.05, 3.63) is 105 Å². The number of aliphatic imine (C=N–C) groups is 1. The van der Waals surface area contributed by atoms with E-state index >= 15 is 0 Å². The number of nitrogens with zero attached hydrogens (tertiary/aromatic N) is 5. The molecule has 2 aromatic rings. The molecule has 10 rings (SSSR count). The molecular weight excluding hydrogens is 833 g/mol. The molecule has 1 amide bonds. The van der Waals surface area contributed by atoms with E-state index < -0.39 is 37.0 Å². The molecule has 0 radical (unpaired) electrons. The summed E-state index contributed by atoms with van der Waals surface area (Å²) >= 11 is 0. The highest BCUT2D eigenvalue weighted by Crippen LogP contribution is 2.55. The van der Waals surface area contributed by atoms with Crippen molar-refractivity contribution < 1.29 is 28.0 Å². The number of nitro groups is 1. The highest BCUT2D eigenvalue weighted by atomic mass is 32.2. The Morgan fingerprint density at radius 3 is 2.58 bits per heavy atom. The molecular formula is C48H60N8O7S. The number of carbonyl (C=O) groups excluding carboxylic acids is 1. The molecule has 1 spiro atoms. The monoisotopic (exact) mass is 892 g/mol. The Morgan fingerprint density at radius 1 is 1.06 bits per heavy atom. The van der Waals surface area contributed by atoms with Gasteiger partial charge in [0, 0.05) is 43.1 Å². The normalized spacial score (nSPS) is 29.4. The van der Waals surface area contributed by atoms with Crippen molar-refractivity contribution in [3.8, 4) is 0 Å². The third-order valence-corrected chi connectivity index (χ3v) is 16.8. The van der Waals surface area contributed by atoms with Crippen LogP contribution in [0.5, 0.6) is 0 Å². The predicted molar refractivity (Wildman–Crippen MR) is 242 cm³/mol. The number of amidine groups is 1. The zero-order valence-corrected chi connectivity index (χ0v) is 37.4. The summed E-state index contributed by atoms with van der Waals surface area (Å²) in [7, 11) is -4.59. The Kier molecular flexibility index (Phi) is 11.5. The summed E-state index contributed by atoms with van der Waals surface area (Å²) in [4.78, 5) is 38.9. The van der Waals surface area contributed by atoms with Gasteiger partial charge < -0.3 is 20.5 Å². The average Bonchev–Trinajstić information content (AvgIpc) is 3.82. The Morgan fingerprint density at radius 2 is 1.83 bits per heavy atom. The molecule has 8 aliphatic rings. The van der Waals surface area contributed by atoms with Crippen molar-refractivity contribution in [3.63, 3.8) is 0 Å². The van der Waals surface area contributed by atoms with E-state index in [1.165, 1.54) is 45.1 Å². The number of pyridine rings is 1. The number of hydrogen-bond acceptors (Lipinski definition) is 13. The number of fused-ring (bicyclic) bond motifs is 1. The van der Waals surface area contributed by atoms with Crippen molar-refractivity contribution >= 4 is 33.3 Å². The van der Waals surface area contributed by atoms with E-state index in [0.29, 0.717) is 55.5 Å². The van der Waals surface area contributed by atoms with E-state index in [0.717, 1.165) is 62.8 Å². The zero-order valence-electron chi connectivity index (χ0n) is 36.6. The first-order valence-corrected chi connectivity index (χ1v) is 24.9. The van der Waals surface area contributed by atoms with Crippen LogP contribution in [-0.2, 0) is 19.6 Å². The maximum Gasteiger partial charge on any atom is 0.312 e. The van der Waals surface area contributed by atoms with Crippen molar-refractivity contribution in [1.82, 2.24) is 24.8 Å². The number of anilines is 1. The maximum absolute atomic E-state index is 14.0. The van der Waals surface area contributed by atoms with Gasteiger partial charge in [-0.2, -0.15) is 0 Å². The van der Waals surface area contributed by atoms with E-state index in [1.807, 2.05) is 18.4 Å². The van der Waals surface area contributed by atoms with Gasteiger partial charge in [0.05, 0.1) is 28.5 Å². The molecule has 3 atom stereocenters. The molecule has 16 heteroatoms. The molecule has 15 nitrogen and oxygen atoms in total. The van der Waals surface area contributed by atoms with E-state index in [-0.39, 0.29) is 35.0 Å². The molecule has 4 aliphatic carbocycles. The van der Waals surface area contributed by atoms with Gasteiger partial charge in [-0.25, -0.2) is 23.1 Å². The predicted octanol–water partition coefficient (Wildman–Crippen LogP) is 7.08. The summed E-state index contributed by atoms with van der Waals surface area (Å²) in [5, 5.41) is 28.6. The van der Waals surface area contributed by atoms with E-state index in [2.05, 4.69) is 59.4 Å². The topological polar surface area (TPSA) is 192 Å². The molecule has 1 aromatic carbocycles. The third kappa shape index (κ3) is 8.90. The van der Waals surface area contributed by atoms with Crippen molar-refractivity contribution in [2.24, 2.45) is 22.2 Å². The summed E-state index contributed by atoms with van der Waals surface area (Å²) in [6.07, 6.45) is 23.8. The number of amides is 1. The molecule has 3 saturated carbocycles. The largest absolute Gasteiger partial charge is 0.460 e. The molecule has 1 aromatic heterocycles. The molecule has 0 bridgehead atoms. The van der Waals surface area contributed by atoms with Crippen LogP contribution in [0.15, 0.2) is 94.1 Å². The molecule has 4 N–H and O–H groups in total. The van der Waals surface area contributed by atoms with Gasteiger partial charge in [0.1, 0.15) is 22.2 Å². The van der Waals surface area contributed by atoms with E-state index in [9.17, 15) is 28.4 Å². The first-order valence-electron chi connectivity index (χ1n) is 23.4. The van der Waals surface area contributed by atoms with Crippen molar-refractivity contribution in [2.75, 3.05) is 31.5 Å². The molecule has 340 valence electrons. The van der Waals surface area contributed by atoms with Gasteiger partial charge in [0.25, 0.3) is 15.9 Å². The molecule has 2 saturated heterocycles. The smallest absolute Gasteiger partial charge is 0.312 e. The standard InChI is InChI=1S/C48H60N8O7S/c1-47(58)15-12-31(13-16-47)28-50-45-42(56(59)60)25-37(30-52-45)64(61,62)53-46(57)40-11-10-34(24-43(40)63-36-23-33-14-19-49-44(33)51-29-36)54-21-17-48(18-22-54)26-35(27-48)55-20-4-7-41(55)39-6-3-2-5-38(39)32-8-9-32/h2-3,5-6,11,14,19,24-25,29-35,41,58H,4,7-10,12-13,15-18,20-23,26-28H2,1H3,(H,49,51)(H,50,52)(H,53,57)/t31?,33?,34?,41-,47?/m0/s1. The Balaban J connectivity index is 0.803. The number of nitrogens with one attached hydrogen (secondary N) is 3. The second-order valence-electron chi connectivity index (χ2n) is 19.9. The number of carbonyl (C=O) groups is 1. The number of ether oxygens (including phenoxy) is 1. The average molecular weight is 893 g/mol. The van der Waals surface area contributed by atoms with Gasteiger partial charge >= 0.3 is 5.69 Å². The second-order valence-corrected chi connectivity index (χ2v) is 21.6. The number of allylic oxidation sites excluding steroid dienone is 1. The fourth-order valence-corrected chi connectivity index (χ4v) is 12.4. The lowest BCUT2D eigenvalue weighted by Crippen LogP contribution is -2.55. The Hall–Kier alpha value is -4.90. The first-order chi connectivity index (χ1) is 30.8. The number of likely N-dealkylation sites (tertiary alicyclic amines) is 2. The quantitative estimate of drug-likeness (QED) is 0.118. The highest BCUT2D eigenvalue weighted by molar-refractivity contribution is 7.90. The van der Waals surface area contributed by atoms with Gasteiger partial charge in [-0.05, 0) is 151 Å². The summed E-state index contributed by atoms with van der Waals surface area (Å²) in [6, 6.07) is 11.2. The van der Waals surface area contributed by atoms with Crippen LogP contribution in [0.3, 0.4) is 0 Å². The van der Waals surface area contributed by atoms with Gasteiger partial charge in [-0.15, -0.1) is 0 Å². The van der Waals surface area contributed by atoms with Crippen molar-refractivity contribution in [2.45, 2.75) is 131 Å². The lowest BCUT2D eigenvalue weighted by atomic mass is 9.59. The fourth-order valence-electron chi connectivity index (χ4n) is 11.5. The van der Waals surface area contributed by atoms with Crippen LogP contribution in [0.25, 0.3) is 0 Å². The van der Waals surface area contributed by atoms with Gasteiger partial charge in [-0.1, -0.05) is 36.4 Å². The summed E-state index contributed by atoms with van der Waals surface area (Å²) < 4.78 is 36.1. The Labute approximate surface area is 375 Å². The van der Waals surface area contributed by atoms with Crippen LogP contribution < -0.4 is 15.4 Å². The SMILES string of the molecule is CC1(O)CCC(CNc2ncc(S(=O)(=O)NC(=O)C3=CCC(N4CCC5(CC4)CC(N4CCC[C@H]4c4ccccc4C4CC4)C5)C=C3OC3=CN=C4NC=CC4C3)cc2[N+](=O)[O-])CC1. The van der Waals surface area contributed by atoms with Crippen LogP contribution in [0.2, 0.25) is 0 Å². The Bertz CT molecular complexity index is 2430. The summed E-state index contributed by atoms with van der Waals surface area (Å²) in [6.45, 7) is 5.23. The number of hydrogen-bond donors (Lipinski definition) is 4. The summed E-state index contributed by atoms with van der Waals surface area (Å²) in [5.74, 6) is 1.61. The lowest BCUT2D eigenvalue weighted by Gasteiger charge is -2.56. The minimum absolute atomic E-state index is 0.00903. The third-order valence-electron chi connectivity index (χ3n) is 15.5. The van der Waals surface area contributed by atoms with E-state index in [4.69, 9.17) is 4.74 Å².